The molecule has 2 aromatic carbocycles. The highest BCUT2D eigenvalue weighted by Crippen LogP contribution is 2.50. The van der Waals surface area contributed by atoms with Crippen molar-refractivity contribution in [2.75, 3.05) is 13.2 Å². The molecule has 0 spiro atoms. The first-order valence-electron chi connectivity index (χ1n) is 10.1. The van der Waals surface area contributed by atoms with Crippen LogP contribution in [0, 0.1) is 11.8 Å². The molecule has 1 aliphatic carbocycles. The normalized spacial score (nSPS) is 16.8. The summed E-state index contributed by atoms with van der Waals surface area (Å²) in [6, 6.07) is 14.3. The van der Waals surface area contributed by atoms with Gasteiger partial charge < -0.3 is 14.3 Å². The predicted octanol–water partition coefficient (Wildman–Crippen LogP) is 5.94. The summed E-state index contributed by atoms with van der Waals surface area (Å²) in [5, 5.41) is 10.5. The minimum absolute atomic E-state index is 0.0981. The van der Waals surface area contributed by atoms with Gasteiger partial charge in [0, 0.05) is 28.9 Å². The number of aliphatic hydroxyl groups excluding tert-OH is 1. The Hall–Kier alpha value is -2.78. The average Bonchev–Trinajstić information content (AvgIpc) is 3.13. The second kappa shape index (κ2) is 7.23. The van der Waals surface area contributed by atoms with Gasteiger partial charge in [-0.25, -0.2) is 0 Å². The average molecular weight is 389 g/mol. The molecule has 2 atom stereocenters. The maximum absolute atomic E-state index is 9.42. The van der Waals surface area contributed by atoms with Gasteiger partial charge in [0.25, 0.3) is 0 Å². The lowest BCUT2D eigenvalue weighted by atomic mass is 9.70. The molecule has 0 saturated heterocycles. The number of furan rings is 1. The van der Waals surface area contributed by atoms with Crippen molar-refractivity contribution in [3.63, 3.8) is 0 Å². The predicted molar refractivity (Wildman–Crippen MR) is 118 cm³/mol. The van der Waals surface area contributed by atoms with Crippen molar-refractivity contribution in [3.05, 3.63) is 84.1 Å². The van der Waals surface area contributed by atoms with Gasteiger partial charge in [-0.3, -0.25) is 0 Å². The Bertz CT molecular complexity index is 1090. The number of aliphatic hydroxyl groups is 1. The fourth-order valence-electron chi connectivity index (χ4n) is 4.23. The summed E-state index contributed by atoms with van der Waals surface area (Å²) in [5.41, 5.74) is 4.96. The summed E-state index contributed by atoms with van der Waals surface area (Å²) in [7, 11) is 0. The number of hydrogen-bond acceptors (Lipinski definition) is 3. The molecule has 1 N–H and O–H groups in total. The van der Waals surface area contributed by atoms with Gasteiger partial charge in [0.1, 0.15) is 17.1 Å². The van der Waals surface area contributed by atoms with Crippen LogP contribution in [0.2, 0.25) is 0 Å². The van der Waals surface area contributed by atoms with Crippen LogP contribution >= 0.6 is 0 Å². The van der Waals surface area contributed by atoms with Crippen molar-refractivity contribution in [3.8, 4) is 5.75 Å². The number of ether oxygens (including phenoxy) is 1. The van der Waals surface area contributed by atoms with Crippen LogP contribution in [-0.4, -0.2) is 18.3 Å². The molecule has 0 radical (unpaired) electrons. The SMILES string of the molecule is C=CC(COc1ccc2c(c1)C(C)(C)c1oc3ccccc3c1C2=C)C(C)CO. The molecule has 0 fully saturated rings. The summed E-state index contributed by atoms with van der Waals surface area (Å²) < 4.78 is 12.4. The molecule has 3 heteroatoms. The van der Waals surface area contributed by atoms with Crippen molar-refractivity contribution in [2.24, 2.45) is 11.8 Å². The minimum Gasteiger partial charge on any atom is -0.493 e. The molecule has 3 aromatic rings. The topological polar surface area (TPSA) is 42.6 Å². The zero-order valence-electron chi connectivity index (χ0n) is 17.4. The van der Waals surface area contributed by atoms with E-state index in [-0.39, 0.29) is 23.9 Å². The molecule has 29 heavy (non-hydrogen) atoms. The molecular weight excluding hydrogens is 360 g/mol. The lowest BCUT2D eigenvalue weighted by molar-refractivity contribution is 0.166. The Morgan fingerprint density at radius 2 is 1.97 bits per heavy atom. The summed E-state index contributed by atoms with van der Waals surface area (Å²) in [6.07, 6.45) is 1.85. The summed E-state index contributed by atoms with van der Waals surface area (Å²) in [6.45, 7) is 15.2. The third kappa shape index (κ3) is 3.10. The van der Waals surface area contributed by atoms with E-state index in [0.717, 1.165) is 44.7 Å². The lowest BCUT2D eigenvalue weighted by Gasteiger charge is -2.33. The van der Waals surface area contributed by atoms with Crippen LogP contribution in [0.1, 0.15) is 43.2 Å². The van der Waals surface area contributed by atoms with E-state index in [1.807, 2.05) is 37.3 Å². The van der Waals surface area contributed by atoms with E-state index in [9.17, 15) is 5.11 Å². The van der Waals surface area contributed by atoms with Crippen LogP contribution in [0.3, 0.4) is 0 Å². The zero-order valence-corrected chi connectivity index (χ0v) is 17.4. The molecule has 1 heterocycles. The van der Waals surface area contributed by atoms with Crippen molar-refractivity contribution >= 4 is 16.5 Å². The van der Waals surface area contributed by atoms with Gasteiger partial charge in [0.05, 0.1) is 6.61 Å². The summed E-state index contributed by atoms with van der Waals surface area (Å²) in [5.74, 6) is 1.97. The first kappa shape index (κ1) is 19.5. The van der Waals surface area contributed by atoms with Gasteiger partial charge in [-0.1, -0.05) is 43.8 Å². The van der Waals surface area contributed by atoms with Gasteiger partial charge >= 0.3 is 0 Å². The first-order valence-corrected chi connectivity index (χ1v) is 10.1. The second-order valence-corrected chi connectivity index (χ2v) is 8.48. The fourth-order valence-corrected chi connectivity index (χ4v) is 4.23. The Balaban J connectivity index is 1.72. The van der Waals surface area contributed by atoms with Crippen molar-refractivity contribution in [1.82, 2.24) is 0 Å². The fraction of sp³-hybridized carbons (Fsp3) is 0.308. The summed E-state index contributed by atoms with van der Waals surface area (Å²) in [4.78, 5) is 0. The van der Waals surface area contributed by atoms with Crippen LogP contribution < -0.4 is 4.74 Å². The molecule has 1 aliphatic rings. The van der Waals surface area contributed by atoms with Crippen LogP contribution in [-0.2, 0) is 5.41 Å². The van der Waals surface area contributed by atoms with Gasteiger partial charge in [-0.05, 0) is 54.7 Å². The third-order valence-corrected chi connectivity index (χ3v) is 6.22. The maximum atomic E-state index is 9.42. The molecule has 2 unspecified atom stereocenters. The van der Waals surface area contributed by atoms with E-state index in [1.165, 1.54) is 0 Å². The zero-order chi connectivity index (χ0) is 20.8. The van der Waals surface area contributed by atoms with Gasteiger partial charge in [-0.15, -0.1) is 6.58 Å². The Morgan fingerprint density at radius 3 is 2.69 bits per heavy atom. The Labute approximate surface area is 172 Å². The highest BCUT2D eigenvalue weighted by Gasteiger charge is 2.39. The third-order valence-electron chi connectivity index (χ3n) is 6.22. The molecule has 0 bridgehead atoms. The standard InChI is InChI=1S/C26H28O3/c1-6-18(16(2)14-27)15-28-19-11-12-20-17(3)24-21-9-7-8-10-23(21)29-25(24)26(4,5)22(20)13-19/h6-13,16,18,27H,1,3,14-15H2,2,4-5H3. The van der Waals surface area contributed by atoms with Crippen LogP contribution in [0.15, 0.2) is 66.1 Å². The van der Waals surface area contributed by atoms with Crippen LogP contribution in [0.5, 0.6) is 5.75 Å². The Kier molecular flexibility index (Phi) is 4.87. The van der Waals surface area contributed by atoms with E-state index >= 15 is 0 Å². The number of fused-ring (bicyclic) bond motifs is 4. The van der Waals surface area contributed by atoms with Gasteiger partial charge in [0.2, 0.25) is 0 Å². The van der Waals surface area contributed by atoms with E-state index in [4.69, 9.17) is 9.15 Å². The monoisotopic (exact) mass is 388 g/mol. The Morgan fingerprint density at radius 1 is 1.21 bits per heavy atom. The van der Waals surface area contributed by atoms with E-state index < -0.39 is 0 Å². The number of hydrogen-bond donors (Lipinski definition) is 1. The molecule has 150 valence electrons. The molecule has 4 rings (SSSR count). The quantitative estimate of drug-likeness (QED) is 0.531. The maximum Gasteiger partial charge on any atom is 0.134 e. The lowest BCUT2D eigenvalue weighted by Crippen LogP contribution is -2.25. The van der Waals surface area contributed by atoms with E-state index in [2.05, 4.69) is 45.2 Å². The first-order chi connectivity index (χ1) is 13.9. The number of rotatable bonds is 6. The van der Waals surface area contributed by atoms with E-state index in [0.29, 0.717) is 6.61 Å². The molecule has 0 amide bonds. The smallest absolute Gasteiger partial charge is 0.134 e. The van der Waals surface area contributed by atoms with Gasteiger partial charge in [-0.2, -0.15) is 0 Å². The van der Waals surface area contributed by atoms with Crippen molar-refractivity contribution in [2.45, 2.75) is 26.2 Å². The van der Waals surface area contributed by atoms with E-state index in [1.54, 1.807) is 0 Å². The largest absolute Gasteiger partial charge is 0.493 e. The number of benzene rings is 2. The molecule has 3 nitrogen and oxygen atoms in total. The molecule has 0 saturated carbocycles. The van der Waals surface area contributed by atoms with Crippen LogP contribution in [0.25, 0.3) is 16.5 Å². The number of para-hydroxylation sites is 1. The van der Waals surface area contributed by atoms with Crippen LogP contribution in [0.4, 0.5) is 0 Å². The highest BCUT2D eigenvalue weighted by atomic mass is 16.5. The van der Waals surface area contributed by atoms with Crippen molar-refractivity contribution in [1.29, 1.82) is 0 Å². The highest BCUT2D eigenvalue weighted by molar-refractivity contribution is 5.99. The minimum atomic E-state index is -0.305. The summed E-state index contributed by atoms with van der Waals surface area (Å²) >= 11 is 0. The van der Waals surface area contributed by atoms with Gasteiger partial charge in [0.15, 0.2) is 0 Å². The molecular formula is C26H28O3. The van der Waals surface area contributed by atoms with Crippen molar-refractivity contribution < 1.29 is 14.3 Å². The molecule has 0 aliphatic heterocycles. The second-order valence-electron chi connectivity index (χ2n) is 8.48. The molecule has 1 aromatic heterocycles.